The molecule has 0 aliphatic carbocycles. The van der Waals surface area contributed by atoms with Crippen LogP contribution in [-0.2, 0) is 14.1 Å². The standard InChI is InChI=1S/C16H37O3PS/c1-6-10-11-12-13-14-15-16-21(17,18)19-20(5,7-2,8-3)9-4/h6-16H2,1-5H3. The van der Waals surface area contributed by atoms with E-state index in [1.165, 1.54) is 25.7 Å². The van der Waals surface area contributed by atoms with Gasteiger partial charge in [0.1, 0.15) is 0 Å². The molecule has 0 aliphatic heterocycles. The predicted molar refractivity (Wildman–Crippen MR) is 97.3 cm³/mol. The molecule has 0 saturated carbocycles. The Hall–Kier alpha value is 0.340. The molecule has 0 spiro atoms. The Balaban J connectivity index is 4.26. The van der Waals surface area contributed by atoms with Gasteiger partial charge in [0.15, 0.2) is 0 Å². The SMILES string of the molecule is CCCCCCCCCS(=O)(=O)OP(C)(CC)(CC)CC. The van der Waals surface area contributed by atoms with Crippen molar-refractivity contribution in [2.45, 2.75) is 72.6 Å². The summed E-state index contributed by atoms with van der Waals surface area (Å²) in [5.74, 6) is 0.187. The predicted octanol–water partition coefficient (Wildman–Crippen LogP) is 5.24. The van der Waals surface area contributed by atoms with Gasteiger partial charge < -0.3 is 0 Å². The zero-order chi connectivity index (χ0) is 16.4. The van der Waals surface area contributed by atoms with E-state index in [9.17, 15) is 8.42 Å². The van der Waals surface area contributed by atoms with Crippen LogP contribution in [0.2, 0.25) is 0 Å². The van der Waals surface area contributed by atoms with E-state index >= 15 is 0 Å². The van der Waals surface area contributed by atoms with Crippen molar-refractivity contribution in [1.29, 1.82) is 0 Å². The molecule has 0 amide bonds. The van der Waals surface area contributed by atoms with Crippen LogP contribution in [0.15, 0.2) is 0 Å². The number of hydrogen-bond acceptors (Lipinski definition) is 3. The molecule has 0 unspecified atom stereocenters. The van der Waals surface area contributed by atoms with Crippen LogP contribution in [0.1, 0.15) is 72.6 Å². The molecule has 0 N–H and O–H groups in total. The molecule has 130 valence electrons. The van der Waals surface area contributed by atoms with Crippen molar-refractivity contribution in [3.05, 3.63) is 0 Å². The minimum absolute atomic E-state index is 0.187. The summed E-state index contributed by atoms with van der Waals surface area (Å²) in [6.07, 6.45) is 10.4. The molecule has 0 radical (unpaired) electrons. The number of rotatable bonds is 13. The Bertz CT molecular complexity index is 364. The summed E-state index contributed by atoms with van der Waals surface area (Å²) in [6, 6.07) is 0. The quantitative estimate of drug-likeness (QED) is 0.340. The first-order valence-electron chi connectivity index (χ1n) is 8.70. The van der Waals surface area contributed by atoms with E-state index in [1.807, 2.05) is 0 Å². The van der Waals surface area contributed by atoms with Crippen LogP contribution in [0.25, 0.3) is 0 Å². The van der Waals surface area contributed by atoms with Gasteiger partial charge in [0.25, 0.3) is 0 Å². The molecule has 0 fully saturated rings. The molecule has 0 aliphatic rings. The van der Waals surface area contributed by atoms with Gasteiger partial charge in [0.05, 0.1) is 0 Å². The third-order valence-electron chi connectivity index (χ3n) is 5.02. The van der Waals surface area contributed by atoms with Gasteiger partial charge in [-0.15, -0.1) is 0 Å². The molecule has 0 bridgehead atoms. The van der Waals surface area contributed by atoms with Gasteiger partial charge in [-0.25, -0.2) is 0 Å². The van der Waals surface area contributed by atoms with Gasteiger partial charge >= 0.3 is 133 Å². The number of unbranched alkanes of at least 4 members (excludes halogenated alkanes) is 6. The maximum atomic E-state index is 12.3. The van der Waals surface area contributed by atoms with Crippen molar-refractivity contribution in [1.82, 2.24) is 0 Å². The van der Waals surface area contributed by atoms with Gasteiger partial charge in [-0.05, 0) is 0 Å². The zero-order valence-corrected chi connectivity index (χ0v) is 16.6. The summed E-state index contributed by atoms with van der Waals surface area (Å²) in [7, 11) is -3.37. The average Bonchev–Trinajstić information content (AvgIpc) is 2.46. The maximum absolute atomic E-state index is 12.3. The van der Waals surface area contributed by atoms with Crippen molar-refractivity contribution < 1.29 is 12.4 Å². The van der Waals surface area contributed by atoms with Crippen molar-refractivity contribution in [2.75, 3.05) is 30.9 Å². The Labute approximate surface area is 133 Å². The fourth-order valence-corrected chi connectivity index (χ4v) is 8.75. The van der Waals surface area contributed by atoms with Crippen molar-refractivity contribution in [2.24, 2.45) is 0 Å². The molecule has 0 aromatic rings. The third kappa shape index (κ3) is 7.95. The van der Waals surface area contributed by atoms with Crippen LogP contribution in [0.5, 0.6) is 0 Å². The zero-order valence-electron chi connectivity index (χ0n) is 14.9. The molecule has 5 heteroatoms. The van der Waals surface area contributed by atoms with Crippen molar-refractivity contribution in [3.63, 3.8) is 0 Å². The molecular formula is C16H37O3PS. The summed E-state index contributed by atoms with van der Waals surface area (Å²) in [5.41, 5.74) is 0. The normalized spacial score (nSPS) is 14.8. The van der Waals surface area contributed by atoms with Crippen LogP contribution in [0.3, 0.4) is 0 Å². The topological polar surface area (TPSA) is 43.4 Å². The summed E-state index contributed by atoms with van der Waals surface area (Å²) in [5, 5.41) is 0. The van der Waals surface area contributed by atoms with E-state index in [0.29, 0.717) is 0 Å². The van der Waals surface area contributed by atoms with E-state index in [2.05, 4.69) is 34.4 Å². The van der Waals surface area contributed by atoms with Gasteiger partial charge in [-0.2, -0.15) is 0 Å². The third-order valence-corrected chi connectivity index (χ3v) is 13.9. The van der Waals surface area contributed by atoms with Crippen LogP contribution < -0.4 is 0 Å². The van der Waals surface area contributed by atoms with Crippen LogP contribution in [-0.4, -0.2) is 39.3 Å². The Kier molecular flexibility index (Phi) is 9.63. The van der Waals surface area contributed by atoms with Crippen LogP contribution >= 0.6 is 6.83 Å². The van der Waals surface area contributed by atoms with E-state index in [4.69, 9.17) is 3.97 Å². The number of hydrogen-bond donors (Lipinski definition) is 0. The minimum atomic E-state index is -3.37. The monoisotopic (exact) mass is 340 g/mol. The fraction of sp³-hybridized carbons (Fsp3) is 1.00. The first kappa shape index (κ1) is 21.3. The molecule has 0 aromatic carbocycles. The van der Waals surface area contributed by atoms with Gasteiger partial charge in [0.2, 0.25) is 0 Å². The van der Waals surface area contributed by atoms with Gasteiger partial charge in [0, 0.05) is 0 Å². The average molecular weight is 341 g/mol. The second kappa shape index (κ2) is 9.47. The fourth-order valence-electron chi connectivity index (χ4n) is 2.46. The summed E-state index contributed by atoms with van der Waals surface area (Å²) in [4.78, 5) is 0. The molecule has 0 rings (SSSR count). The second-order valence-electron chi connectivity index (χ2n) is 6.60. The van der Waals surface area contributed by atoms with E-state index in [0.717, 1.165) is 37.7 Å². The van der Waals surface area contributed by atoms with E-state index in [1.54, 1.807) is 0 Å². The Morgan fingerprint density at radius 1 is 0.762 bits per heavy atom. The molecule has 21 heavy (non-hydrogen) atoms. The van der Waals surface area contributed by atoms with Gasteiger partial charge in [-0.1, -0.05) is 0 Å². The molecule has 3 nitrogen and oxygen atoms in total. The molecule has 0 saturated heterocycles. The van der Waals surface area contributed by atoms with Gasteiger partial charge in [-0.3, -0.25) is 0 Å². The van der Waals surface area contributed by atoms with Crippen molar-refractivity contribution in [3.8, 4) is 0 Å². The molecule has 0 aromatic heterocycles. The van der Waals surface area contributed by atoms with E-state index in [-0.39, 0.29) is 5.75 Å². The van der Waals surface area contributed by atoms with E-state index < -0.39 is 16.9 Å². The van der Waals surface area contributed by atoms with Crippen molar-refractivity contribution >= 4 is 16.9 Å². The molecule has 0 atom stereocenters. The molecule has 0 heterocycles. The Morgan fingerprint density at radius 3 is 1.62 bits per heavy atom. The summed E-state index contributed by atoms with van der Waals surface area (Å²) >= 11 is 0. The summed E-state index contributed by atoms with van der Waals surface area (Å²) in [6.45, 7) is 7.97. The van der Waals surface area contributed by atoms with Crippen LogP contribution in [0.4, 0.5) is 0 Å². The first-order valence-corrected chi connectivity index (χ1v) is 13.4. The summed E-state index contributed by atoms with van der Waals surface area (Å²) < 4.78 is 30.4. The molecular weight excluding hydrogens is 303 g/mol. The Morgan fingerprint density at radius 2 is 1.19 bits per heavy atom. The first-order chi connectivity index (χ1) is 9.75. The van der Waals surface area contributed by atoms with Crippen LogP contribution in [0, 0.1) is 0 Å². The second-order valence-corrected chi connectivity index (χ2v) is 15.0.